The summed E-state index contributed by atoms with van der Waals surface area (Å²) < 4.78 is 18.5. The van der Waals surface area contributed by atoms with E-state index in [2.05, 4.69) is 15.9 Å². The largest absolute Gasteiger partial charge is 0.382 e. The molecule has 1 aromatic rings. The van der Waals surface area contributed by atoms with Gasteiger partial charge in [0.2, 0.25) is 0 Å². The zero-order valence-corrected chi connectivity index (χ0v) is 11.4. The normalized spacial score (nSPS) is 10.5. The molecule has 0 aliphatic heterocycles. The van der Waals surface area contributed by atoms with E-state index >= 15 is 0 Å². The third-order valence-electron chi connectivity index (χ3n) is 2.33. The molecule has 0 aliphatic carbocycles. The monoisotopic (exact) mass is 302 g/mol. The fourth-order valence-electron chi connectivity index (χ4n) is 1.48. The standard InChI is InChI=1S/C13H16BrFO2/c1-2-17-7-3-4-11(16)8-10-5-6-13(15)12(14)9-10/h5-6,9H,2-4,7-8H2,1H3. The summed E-state index contributed by atoms with van der Waals surface area (Å²) in [5.74, 6) is -0.152. The first-order valence-corrected chi connectivity index (χ1v) is 6.46. The van der Waals surface area contributed by atoms with Crippen molar-refractivity contribution in [1.82, 2.24) is 0 Å². The number of halogens is 2. The van der Waals surface area contributed by atoms with Gasteiger partial charge in [0, 0.05) is 26.1 Å². The van der Waals surface area contributed by atoms with E-state index in [1.54, 1.807) is 12.1 Å². The average molecular weight is 303 g/mol. The molecular formula is C13H16BrFO2. The van der Waals surface area contributed by atoms with Gasteiger partial charge in [-0.05, 0) is 47.0 Å². The molecule has 0 heterocycles. The van der Waals surface area contributed by atoms with Gasteiger partial charge in [0.15, 0.2) is 0 Å². The Morgan fingerprint density at radius 3 is 2.88 bits per heavy atom. The first-order valence-electron chi connectivity index (χ1n) is 5.67. The SMILES string of the molecule is CCOCCCC(=O)Cc1ccc(F)c(Br)c1. The van der Waals surface area contributed by atoms with Crippen LogP contribution in [0.3, 0.4) is 0 Å². The van der Waals surface area contributed by atoms with Crippen LogP contribution in [0.4, 0.5) is 4.39 Å². The van der Waals surface area contributed by atoms with Gasteiger partial charge in [0.1, 0.15) is 11.6 Å². The number of hydrogen-bond donors (Lipinski definition) is 0. The molecule has 0 saturated heterocycles. The van der Waals surface area contributed by atoms with E-state index in [9.17, 15) is 9.18 Å². The number of carbonyl (C=O) groups is 1. The zero-order valence-electron chi connectivity index (χ0n) is 9.84. The minimum absolute atomic E-state index is 0.156. The van der Waals surface area contributed by atoms with E-state index in [1.165, 1.54) is 6.07 Å². The van der Waals surface area contributed by atoms with Crippen LogP contribution in [0.15, 0.2) is 22.7 Å². The summed E-state index contributed by atoms with van der Waals surface area (Å²) in [6, 6.07) is 4.66. The number of ether oxygens (including phenoxy) is 1. The Labute approximate surface area is 109 Å². The Morgan fingerprint density at radius 2 is 2.24 bits per heavy atom. The van der Waals surface area contributed by atoms with E-state index in [0.29, 0.717) is 30.5 Å². The van der Waals surface area contributed by atoms with Crippen LogP contribution >= 0.6 is 15.9 Å². The number of carbonyl (C=O) groups excluding carboxylic acids is 1. The van der Waals surface area contributed by atoms with E-state index in [4.69, 9.17) is 4.74 Å². The highest BCUT2D eigenvalue weighted by Gasteiger charge is 2.06. The molecule has 2 nitrogen and oxygen atoms in total. The van der Waals surface area contributed by atoms with Crippen molar-refractivity contribution in [3.63, 3.8) is 0 Å². The second-order valence-corrected chi connectivity index (χ2v) is 4.62. The number of benzene rings is 1. The van der Waals surface area contributed by atoms with Crippen LogP contribution < -0.4 is 0 Å². The van der Waals surface area contributed by atoms with Crippen molar-refractivity contribution in [3.05, 3.63) is 34.1 Å². The van der Waals surface area contributed by atoms with Gasteiger partial charge >= 0.3 is 0 Å². The number of Topliss-reactive ketones (excluding diaryl/α,β-unsaturated/α-hetero) is 1. The molecule has 0 fully saturated rings. The van der Waals surface area contributed by atoms with Crippen LogP contribution in [0.1, 0.15) is 25.3 Å². The summed E-state index contributed by atoms with van der Waals surface area (Å²) in [5, 5.41) is 0. The maximum Gasteiger partial charge on any atom is 0.137 e. The molecule has 0 saturated carbocycles. The van der Waals surface area contributed by atoms with Crippen LogP contribution in [0.25, 0.3) is 0 Å². The molecule has 1 rings (SSSR count). The summed E-state index contributed by atoms with van der Waals surface area (Å²) in [4.78, 5) is 11.6. The molecule has 0 aliphatic rings. The van der Waals surface area contributed by atoms with Crippen molar-refractivity contribution in [2.75, 3.05) is 13.2 Å². The van der Waals surface area contributed by atoms with Gasteiger partial charge in [0.05, 0.1) is 4.47 Å². The van der Waals surface area contributed by atoms with Crippen LogP contribution in [-0.2, 0) is 16.0 Å². The number of ketones is 1. The summed E-state index contributed by atoms with van der Waals surface area (Å²) in [6.07, 6.45) is 1.61. The highest BCUT2D eigenvalue weighted by molar-refractivity contribution is 9.10. The van der Waals surface area contributed by atoms with Crippen molar-refractivity contribution >= 4 is 21.7 Å². The van der Waals surface area contributed by atoms with Crippen molar-refractivity contribution in [3.8, 4) is 0 Å². The van der Waals surface area contributed by atoms with Crippen molar-refractivity contribution in [1.29, 1.82) is 0 Å². The molecule has 0 atom stereocenters. The Kier molecular flexibility index (Phi) is 6.37. The third-order valence-corrected chi connectivity index (χ3v) is 2.94. The lowest BCUT2D eigenvalue weighted by Gasteiger charge is -2.03. The van der Waals surface area contributed by atoms with Gasteiger partial charge in [-0.25, -0.2) is 4.39 Å². The summed E-state index contributed by atoms with van der Waals surface area (Å²) in [7, 11) is 0. The predicted molar refractivity (Wildman–Crippen MR) is 68.5 cm³/mol. The first-order chi connectivity index (χ1) is 8.13. The Morgan fingerprint density at radius 1 is 1.47 bits per heavy atom. The summed E-state index contributed by atoms with van der Waals surface area (Å²) in [5.41, 5.74) is 0.833. The summed E-state index contributed by atoms with van der Waals surface area (Å²) in [6.45, 7) is 3.23. The van der Waals surface area contributed by atoms with Crippen LogP contribution in [0, 0.1) is 5.82 Å². The molecule has 0 amide bonds. The Hall–Kier alpha value is -0.740. The first kappa shape index (κ1) is 14.3. The van der Waals surface area contributed by atoms with E-state index in [1.807, 2.05) is 6.92 Å². The third kappa shape index (κ3) is 5.41. The lowest BCUT2D eigenvalue weighted by molar-refractivity contribution is -0.118. The second kappa shape index (κ2) is 7.56. The van der Waals surface area contributed by atoms with Crippen molar-refractivity contribution < 1.29 is 13.9 Å². The fraction of sp³-hybridized carbons (Fsp3) is 0.462. The van der Waals surface area contributed by atoms with Crippen LogP contribution in [0.5, 0.6) is 0 Å². The number of rotatable bonds is 7. The average Bonchev–Trinajstić information content (AvgIpc) is 2.30. The molecule has 1 aromatic carbocycles. The minimum Gasteiger partial charge on any atom is -0.382 e. The molecule has 0 spiro atoms. The maximum atomic E-state index is 13.0. The lowest BCUT2D eigenvalue weighted by Crippen LogP contribution is -2.05. The van der Waals surface area contributed by atoms with E-state index in [0.717, 1.165) is 12.0 Å². The van der Waals surface area contributed by atoms with E-state index in [-0.39, 0.29) is 11.6 Å². The predicted octanol–water partition coefficient (Wildman–Crippen LogP) is 3.52. The molecular weight excluding hydrogens is 287 g/mol. The zero-order chi connectivity index (χ0) is 12.7. The molecule has 0 bridgehead atoms. The van der Waals surface area contributed by atoms with E-state index < -0.39 is 0 Å². The molecule has 94 valence electrons. The van der Waals surface area contributed by atoms with Gasteiger partial charge in [-0.3, -0.25) is 4.79 Å². The smallest absolute Gasteiger partial charge is 0.137 e. The topological polar surface area (TPSA) is 26.3 Å². The molecule has 0 radical (unpaired) electrons. The Balaban J connectivity index is 2.37. The number of hydrogen-bond acceptors (Lipinski definition) is 2. The molecule has 0 aromatic heterocycles. The van der Waals surface area contributed by atoms with Gasteiger partial charge in [-0.1, -0.05) is 6.07 Å². The molecule has 0 N–H and O–H groups in total. The van der Waals surface area contributed by atoms with Crippen LogP contribution in [-0.4, -0.2) is 19.0 Å². The van der Waals surface area contributed by atoms with Gasteiger partial charge in [-0.15, -0.1) is 0 Å². The minimum atomic E-state index is -0.308. The molecule has 17 heavy (non-hydrogen) atoms. The Bertz CT molecular complexity index is 380. The highest BCUT2D eigenvalue weighted by Crippen LogP contribution is 2.17. The van der Waals surface area contributed by atoms with Gasteiger partial charge < -0.3 is 4.74 Å². The molecule has 0 unspecified atom stereocenters. The maximum absolute atomic E-state index is 13.0. The van der Waals surface area contributed by atoms with Crippen molar-refractivity contribution in [2.24, 2.45) is 0 Å². The lowest BCUT2D eigenvalue weighted by atomic mass is 10.1. The fourth-order valence-corrected chi connectivity index (χ4v) is 1.91. The van der Waals surface area contributed by atoms with Gasteiger partial charge in [0.25, 0.3) is 0 Å². The summed E-state index contributed by atoms with van der Waals surface area (Å²) >= 11 is 3.10. The van der Waals surface area contributed by atoms with Crippen molar-refractivity contribution in [2.45, 2.75) is 26.2 Å². The van der Waals surface area contributed by atoms with Gasteiger partial charge in [-0.2, -0.15) is 0 Å². The highest BCUT2D eigenvalue weighted by atomic mass is 79.9. The second-order valence-electron chi connectivity index (χ2n) is 3.76. The van der Waals surface area contributed by atoms with Crippen LogP contribution in [0.2, 0.25) is 0 Å². The quantitative estimate of drug-likeness (QED) is 0.720. The molecule has 4 heteroatoms.